The summed E-state index contributed by atoms with van der Waals surface area (Å²) < 4.78 is 0. The lowest BCUT2D eigenvalue weighted by Gasteiger charge is -2.30. The Labute approximate surface area is 154 Å². The summed E-state index contributed by atoms with van der Waals surface area (Å²) >= 11 is 0. The first-order chi connectivity index (χ1) is 12.6. The molecule has 1 heterocycles. The summed E-state index contributed by atoms with van der Waals surface area (Å²) in [5, 5.41) is 2.95. The van der Waals surface area contributed by atoms with Crippen LogP contribution in [0.3, 0.4) is 0 Å². The minimum atomic E-state index is -0.0417. The molecule has 0 atom stereocenters. The van der Waals surface area contributed by atoms with Crippen LogP contribution in [0.25, 0.3) is 6.08 Å². The van der Waals surface area contributed by atoms with Crippen molar-refractivity contribution in [3.8, 4) is 0 Å². The molecule has 3 rings (SSSR count). The molecular weight excluding hydrogens is 324 g/mol. The van der Waals surface area contributed by atoms with Gasteiger partial charge in [-0.3, -0.25) is 9.59 Å². The van der Waals surface area contributed by atoms with Crippen LogP contribution in [-0.2, 0) is 9.59 Å². The third-order valence-electron chi connectivity index (χ3n) is 4.68. The second-order valence-corrected chi connectivity index (χ2v) is 6.70. The fourth-order valence-electron chi connectivity index (χ4n) is 3.17. The van der Waals surface area contributed by atoms with Gasteiger partial charge in [0.1, 0.15) is 0 Å². The number of carbonyl (C=O) groups excluding carboxylic acids is 2. The fourth-order valence-corrected chi connectivity index (χ4v) is 3.17. The van der Waals surface area contributed by atoms with Crippen LogP contribution in [0.4, 0.5) is 5.69 Å². The van der Waals surface area contributed by atoms with Gasteiger partial charge in [0.25, 0.3) is 0 Å². The highest BCUT2D eigenvalue weighted by molar-refractivity contribution is 5.94. The number of hydrogen-bond acceptors (Lipinski definition) is 2. The van der Waals surface area contributed by atoms with Gasteiger partial charge in [-0.25, -0.2) is 0 Å². The lowest BCUT2D eigenvalue weighted by molar-refractivity contribution is -0.130. The largest absolute Gasteiger partial charge is 0.339 e. The lowest BCUT2D eigenvalue weighted by atomic mass is 9.95. The molecule has 2 aromatic carbocycles. The number of hydrogen-bond donors (Lipinski definition) is 1. The number of piperidine rings is 1. The van der Waals surface area contributed by atoms with E-state index in [1.807, 2.05) is 72.5 Å². The predicted molar refractivity (Wildman–Crippen MR) is 105 cm³/mol. The summed E-state index contributed by atoms with van der Waals surface area (Å²) in [7, 11) is 0. The molecule has 0 aromatic heterocycles. The maximum atomic E-state index is 12.4. The smallest absolute Gasteiger partial charge is 0.246 e. The molecule has 1 saturated heterocycles. The van der Waals surface area contributed by atoms with Gasteiger partial charge in [0, 0.05) is 30.8 Å². The zero-order chi connectivity index (χ0) is 18.4. The van der Waals surface area contributed by atoms with E-state index in [0.717, 1.165) is 11.3 Å². The van der Waals surface area contributed by atoms with Crippen molar-refractivity contribution < 1.29 is 9.59 Å². The van der Waals surface area contributed by atoms with Crippen molar-refractivity contribution in [1.82, 2.24) is 4.90 Å². The quantitative estimate of drug-likeness (QED) is 0.852. The summed E-state index contributed by atoms with van der Waals surface area (Å²) in [6, 6.07) is 17.5. The number of carbonyl (C=O) groups is 2. The molecule has 26 heavy (non-hydrogen) atoms. The first kappa shape index (κ1) is 17.9. The Morgan fingerprint density at radius 1 is 1.04 bits per heavy atom. The average Bonchev–Trinajstić information content (AvgIpc) is 2.67. The molecule has 0 unspecified atom stereocenters. The number of nitrogens with zero attached hydrogens (tertiary/aromatic N) is 1. The van der Waals surface area contributed by atoms with E-state index in [1.54, 1.807) is 6.08 Å². The van der Waals surface area contributed by atoms with Gasteiger partial charge in [0.15, 0.2) is 0 Å². The van der Waals surface area contributed by atoms with E-state index in [-0.39, 0.29) is 17.7 Å². The van der Waals surface area contributed by atoms with Crippen LogP contribution in [0.5, 0.6) is 0 Å². The minimum absolute atomic E-state index is 0.00780. The second-order valence-electron chi connectivity index (χ2n) is 6.70. The Morgan fingerprint density at radius 2 is 1.77 bits per heavy atom. The fraction of sp³-hybridized carbons (Fsp3) is 0.273. The van der Waals surface area contributed by atoms with Crippen molar-refractivity contribution in [2.75, 3.05) is 18.4 Å². The van der Waals surface area contributed by atoms with E-state index in [0.29, 0.717) is 25.9 Å². The topological polar surface area (TPSA) is 49.4 Å². The monoisotopic (exact) mass is 348 g/mol. The molecule has 4 nitrogen and oxygen atoms in total. The molecule has 1 N–H and O–H groups in total. The molecule has 2 amide bonds. The number of amides is 2. The highest BCUT2D eigenvalue weighted by Gasteiger charge is 2.26. The summed E-state index contributed by atoms with van der Waals surface area (Å²) in [6.07, 6.45) is 4.87. The number of rotatable bonds is 4. The molecule has 0 bridgehead atoms. The molecule has 1 aliphatic heterocycles. The second kappa shape index (κ2) is 8.48. The average molecular weight is 348 g/mol. The molecule has 1 fully saturated rings. The van der Waals surface area contributed by atoms with Crippen molar-refractivity contribution in [1.29, 1.82) is 0 Å². The van der Waals surface area contributed by atoms with Gasteiger partial charge in [0.2, 0.25) is 11.8 Å². The van der Waals surface area contributed by atoms with Gasteiger partial charge in [-0.15, -0.1) is 0 Å². The van der Waals surface area contributed by atoms with E-state index in [9.17, 15) is 9.59 Å². The normalized spacial score (nSPS) is 15.2. The Bertz CT molecular complexity index is 791. The van der Waals surface area contributed by atoms with Gasteiger partial charge < -0.3 is 10.2 Å². The van der Waals surface area contributed by atoms with Crippen LogP contribution in [0.1, 0.15) is 24.0 Å². The van der Waals surface area contributed by atoms with Crippen LogP contribution >= 0.6 is 0 Å². The Kier molecular flexibility index (Phi) is 5.84. The van der Waals surface area contributed by atoms with E-state index in [2.05, 4.69) is 5.32 Å². The van der Waals surface area contributed by atoms with Crippen molar-refractivity contribution in [2.45, 2.75) is 19.8 Å². The Hall–Kier alpha value is -2.88. The molecular formula is C22H24N2O2. The Balaban J connectivity index is 1.50. The van der Waals surface area contributed by atoms with Gasteiger partial charge in [0.05, 0.1) is 0 Å². The number of anilines is 1. The van der Waals surface area contributed by atoms with Crippen molar-refractivity contribution in [3.05, 3.63) is 71.8 Å². The third kappa shape index (κ3) is 4.82. The summed E-state index contributed by atoms with van der Waals surface area (Å²) in [5.74, 6) is 0.00651. The number of aryl methyl sites for hydroxylation is 1. The zero-order valence-corrected chi connectivity index (χ0v) is 15.0. The third-order valence-corrected chi connectivity index (χ3v) is 4.68. The highest BCUT2D eigenvalue weighted by atomic mass is 16.2. The van der Waals surface area contributed by atoms with Gasteiger partial charge >= 0.3 is 0 Å². The lowest BCUT2D eigenvalue weighted by Crippen LogP contribution is -2.40. The van der Waals surface area contributed by atoms with E-state index in [1.165, 1.54) is 5.56 Å². The summed E-state index contributed by atoms with van der Waals surface area (Å²) in [6.45, 7) is 3.26. The first-order valence-corrected chi connectivity index (χ1v) is 9.01. The van der Waals surface area contributed by atoms with Crippen LogP contribution in [-0.4, -0.2) is 29.8 Å². The number of para-hydroxylation sites is 1. The molecule has 4 heteroatoms. The van der Waals surface area contributed by atoms with Crippen molar-refractivity contribution in [3.63, 3.8) is 0 Å². The van der Waals surface area contributed by atoms with Gasteiger partial charge in [-0.2, -0.15) is 0 Å². The summed E-state index contributed by atoms with van der Waals surface area (Å²) in [4.78, 5) is 26.5. The van der Waals surface area contributed by atoms with Gasteiger partial charge in [-0.05, 0) is 43.5 Å². The van der Waals surface area contributed by atoms with Crippen LogP contribution in [0, 0.1) is 12.8 Å². The molecule has 0 radical (unpaired) electrons. The van der Waals surface area contributed by atoms with Crippen molar-refractivity contribution in [2.24, 2.45) is 5.92 Å². The van der Waals surface area contributed by atoms with Crippen LogP contribution < -0.4 is 5.32 Å². The summed E-state index contributed by atoms with van der Waals surface area (Å²) in [5.41, 5.74) is 3.01. The number of benzene rings is 2. The zero-order valence-electron chi connectivity index (χ0n) is 15.0. The highest BCUT2D eigenvalue weighted by Crippen LogP contribution is 2.20. The van der Waals surface area contributed by atoms with E-state index >= 15 is 0 Å². The predicted octanol–water partition coefficient (Wildman–Crippen LogP) is 3.89. The molecule has 134 valence electrons. The minimum Gasteiger partial charge on any atom is -0.339 e. The molecule has 0 spiro atoms. The maximum absolute atomic E-state index is 12.4. The van der Waals surface area contributed by atoms with E-state index < -0.39 is 0 Å². The van der Waals surface area contributed by atoms with Crippen LogP contribution in [0.15, 0.2) is 60.7 Å². The maximum Gasteiger partial charge on any atom is 0.246 e. The SMILES string of the molecule is Cc1cccc(C=CC(=O)N2CCC(C(=O)Nc3ccccc3)CC2)c1. The molecule has 1 aliphatic rings. The standard InChI is InChI=1S/C22H24N2O2/c1-17-6-5-7-18(16-17)10-11-21(25)24-14-12-19(13-15-24)22(26)23-20-8-3-2-4-9-20/h2-11,16,19H,12-15H2,1H3,(H,23,26). The first-order valence-electron chi connectivity index (χ1n) is 9.01. The Morgan fingerprint density at radius 3 is 2.46 bits per heavy atom. The molecule has 0 saturated carbocycles. The van der Waals surface area contributed by atoms with Crippen LogP contribution in [0.2, 0.25) is 0 Å². The number of likely N-dealkylation sites (tertiary alicyclic amines) is 1. The molecule has 0 aliphatic carbocycles. The number of nitrogens with one attached hydrogen (secondary N) is 1. The van der Waals surface area contributed by atoms with E-state index in [4.69, 9.17) is 0 Å². The van der Waals surface area contributed by atoms with Gasteiger partial charge in [-0.1, -0.05) is 48.0 Å². The molecule has 2 aromatic rings. The van der Waals surface area contributed by atoms with Crippen molar-refractivity contribution >= 4 is 23.6 Å².